The first-order chi connectivity index (χ1) is 3.13. The van der Waals surface area contributed by atoms with Crippen molar-refractivity contribution in [2.24, 2.45) is 0 Å². The molecule has 7 heavy (non-hydrogen) atoms. The summed E-state index contributed by atoms with van der Waals surface area (Å²) >= 11 is 0. The summed E-state index contributed by atoms with van der Waals surface area (Å²) in [5.74, 6) is 0. The van der Waals surface area contributed by atoms with E-state index in [2.05, 4.69) is 4.94 Å². The predicted octanol–water partition coefficient (Wildman–Crippen LogP) is -0.722. The third-order valence-corrected chi connectivity index (χ3v) is 0.137. The predicted molar refractivity (Wildman–Crippen MR) is 13.5 cm³/mol. The highest BCUT2D eigenvalue weighted by atomic mass is 17.1. The summed E-state index contributed by atoms with van der Waals surface area (Å²) in [5.41, 5.74) is 0. The van der Waals surface area contributed by atoms with Gasteiger partial charge in [0.15, 0.2) is 0 Å². The van der Waals surface area contributed by atoms with Gasteiger partial charge in [0.2, 0.25) is 0 Å². The maximum atomic E-state index is 9.06. The average Bonchev–Trinajstić information content (AvgIpc) is 1.27. The average molecular weight is 109 g/mol. The number of hydrogen-bond donors (Lipinski definition) is 1. The van der Waals surface area contributed by atoms with Crippen LogP contribution in [0.1, 0.15) is 0 Å². The van der Waals surface area contributed by atoms with Gasteiger partial charge in [0, 0.05) is 0 Å². The second-order valence-corrected chi connectivity index (χ2v) is 0.543. The van der Waals surface area contributed by atoms with Crippen molar-refractivity contribution in [3.8, 4) is 0 Å². The van der Waals surface area contributed by atoms with Gasteiger partial charge in [0.05, 0.1) is 4.94 Å². The molecule has 0 spiro atoms. The van der Waals surface area contributed by atoms with Crippen molar-refractivity contribution < 1.29 is 20.3 Å². The lowest BCUT2D eigenvalue weighted by Crippen LogP contribution is -2.08. The lowest BCUT2D eigenvalue weighted by atomic mass is 12.9. The van der Waals surface area contributed by atoms with Crippen LogP contribution >= 0.6 is 0 Å². The van der Waals surface area contributed by atoms with Gasteiger partial charge in [0.25, 0.3) is 0 Å². The molecule has 0 amide bonds. The van der Waals surface area contributed by atoms with E-state index in [1.807, 2.05) is 0 Å². The van der Waals surface area contributed by atoms with Gasteiger partial charge in [-0.2, -0.15) is 0 Å². The summed E-state index contributed by atoms with van der Waals surface area (Å²) in [6.07, 6.45) is 0. The molecular weight excluding hydrogens is 108 g/mol. The van der Waals surface area contributed by atoms with Gasteiger partial charge in [-0.25, -0.2) is 5.21 Å². The van der Waals surface area contributed by atoms with Gasteiger partial charge in [-0.15, -0.1) is 10.1 Å². The monoisotopic (exact) mass is 109 g/mol. The molecule has 0 heterocycles. The number of nitrogens with zero attached hydrogens (tertiary/aromatic N) is 2. The van der Waals surface area contributed by atoms with E-state index in [1.54, 1.807) is 0 Å². The van der Waals surface area contributed by atoms with Crippen molar-refractivity contribution in [3.63, 3.8) is 0 Å². The second-order valence-electron chi connectivity index (χ2n) is 0.543. The maximum Gasteiger partial charge on any atom is 0.472 e. The maximum absolute atomic E-state index is 9.06. The fourth-order valence-electron chi connectivity index (χ4n) is 0.0570. The molecule has 0 unspecified atom stereocenters. The Morgan fingerprint density at radius 3 is 2.00 bits per heavy atom. The molecule has 0 saturated carbocycles. The Labute approximate surface area is 36.7 Å². The Morgan fingerprint density at radius 2 is 2.00 bits per heavy atom. The Balaban J connectivity index is 3.32. The molecule has 0 aromatic carbocycles. The first kappa shape index (κ1) is 5.60. The lowest BCUT2D eigenvalue weighted by Gasteiger charge is -1.68. The molecule has 0 saturated heterocycles. The van der Waals surface area contributed by atoms with E-state index in [0.717, 1.165) is 0 Å². The highest BCUT2D eigenvalue weighted by molar-refractivity contribution is 3.85. The molecule has 7 nitrogen and oxygen atoms in total. The standard InChI is InChI=1S/HN2O5/c3-1(4)7-2(5)6/h(H,3,4)/q+1. The van der Waals surface area contributed by atoms with Crippen LogP contribution in [-0.4, -0.2) is 15.4 Å². The van der Waals surface area contributed by atoms with Crippen LogP contribution in [0, 0.1) is 15.0 Å². The molecule has 0 bridgehead atoms. The normalized spacial score (nSPS) is 7.43. The topological polar surface area (TPSA) is 92.7 Å². The molecule has 0 atom stereocenters. The molecule has 0 radical (unpaired) electrons. The summed E-state index contributed by atoms with van der Waals surface area (Å²) in [5, 5.41) is 13.6. The molecule has 0 aromatic heterocycles. The van der Waals surface area contributed by atoms with E-state index in [-0.39, 0.29) is 0 Å². The Hall–Kier alpha value is -1.40. The van der Waals surface area contributed by atoms with Crippen LogP contribution in [0.15, 0.2) is 0 Å². The number of hydrogen-bond acceptors (Lipinski definition) is 4. The van der Waals surface area contributed by atoms with E-state index in [4.69, 9.17) is 20.2 Å². The Kier molecular flexibility index (Phi) is 1.52. The van der Waals surface area contributed by atoms with Crippen molar-refractivity contribution >= 4 is 0 Å². The smallest absolute Gasteiger partial charge is 0.208 e. The molecule has 1 N–H and O–H groups in total. The largest absolute Gasteiger partial charge is 0.472 e. The molecule has 0 aliphatic rings. The Morgan fingerprint density at radius 1 is 1.57 bits per heavy atom. The Bertz CT molecular complexity index is 82.3. The van der Waals surface area contributed by atoms with E-state index in [9.17, 15) is 0 Å². The van der Waals surface area contributed by atoms with Gasteiger partial charge in [-0.05, 0) is 0 Å². The summed E-state index contributed by atoms with van der Waals surface area (Å²) < 4.78 is 0. The van der Waals surface area contributed by atoms with Crippen molar-refractivity contribution in [2.75, 3.05) is 0 Å². The van der Waals surface area contributed by atoms with Gasteiger partial charge in [-0.3, -0.25) is 0 Å². The van der Waals surface area contributed by atoms with Crippen LogP contribution < -0.4 is 0 Å². The minimum Gasteiger partial charge on any atom is -0.208 e. The van der Waals surface area contributed by atoms with Crippen molar-refractivity contribution in [3.05, 3.63) is 15.0 Å². The highest BCUT2D eigenvalue weighted by Crippen LogP contribution is 1.68. The molecular formula is HN2O5+. The quantitative estimate of drug-likeness (QED) is 0.373. The fraction of sp³-hybridized carbons (Fsp3) is 0. The molecule has 0 aliphatic carbocycles. The molecule has 0 fully saturated rings. The molecule has 0 rings (SSSR count). The van der Waals surface area contributed by atoms with Crippen molar-refractivity contribution in [1.29, 1.82) is 0 Å². The van der Waals surface area contributed by atoms with E-state index >= 15 is 0 Å². The van der Waals surface area contributed by atoms with Crippen molar-refractivity contribution in [2.45, 2.75) is 0 Å². The first-order valence-electron chi connectivity index (χ1n) is 1.11. The van der Waals surface area contributed by atoms with Crippen LogP contribution in [0.4, 0.5) is 0 Å². The van der Waals surface area contributed by atoms with Gasteiger partial charge in [0.1, 0.15) is 4.91 Å². The van der Waals surface area contributed by atoms with Crippen LogP contribution in [0.2, 0.25) is 0 Å². The molecule has 0 aromatic rings. The molecule has 40 valence electrons. The van der Waals surface area contributed by atoms with Crippen molar-refractivity contribution in [1.82, 2.24) is 0 Å². The minimum atomic E-state index is -1.44. The van der Waals surface area contributed by atoms with Gasteiger partial charge in [-0.1, -0.05) is 0 Å². The zero-order valence-electron chi connectivity index (χ0n) is 2.97. The van der Waals surface area contributed by atoms with Gasteiger partial charge >= 0.3 is 10.2 Å². The van der Waals surface area contributed by atoms with Gasteiger partial charge < -0.3 is 0 Å². The van der Waals surface area contributed by atoms with Crippen LogP contribution in [0.5, 0.6) is 0 Å². The zero-order valence-corrected chi connectivity index (χ0v) is 2.97. The van der Waals surface area contributed by atoms with Crippen LogP contribution in [-0.2, 0) is 4.94 Å². The second kappa shape index (κ2) is 1.90. The van der Waals surface area contributed by atoms with Crippen LogP contribution in [0.3, 0.4) is 0 Å². The SMILES string of the molecule is O=[N+]([O-])O[N+](=O)O. The first-order valence-corrected chi connectivity index (χ1v) is 1.11. The van der Waals surface area contributed by atoms with E-state index < -0.39 is 10.2 Å². The van der Waals surface area contributed by atoms with Crippen LogP contribution in [0.25, 0.3) is 0 Å². The minimum absolute atomic E-state index is 1.25. The molecule has 7 heteroatoms. The molecule has 0 aliphatic heterocycles. The number of rotatable bonds is 2. The summed E-state index contributed by atoms with van der Waals surface area (Å²) in [7, 11) is 0. The summed E-state index contributed by atoms with van der Waals surface area (Å²) in [6, 6.07) is 0. The van der Waals surface area contributed by atoms with E-state index in [1.165, 1.54) is 0 Å². The van der Waals surface area contributed by atoms with E-state index in [0.29, 0.717) is 0 Å². The summed E-state index contributed by atoms with van der Waals surface area (Å²) in [6.45, 7) is 0. The zero-order chi connectivity index (χ0) is 5.86. The highest BCUT2D eigenvalue weighted by Gasteiger charge is 2.09. The third kappa shape index (κ3) is 4.60. The lowest BCUT2D eigenvalue weighted by molar-refractivity contribution is -1.14. The summed E-state index contributed by atoms with van der Waals surface area (Å²) in [4.78, 5) is 20.9. The fourth-order valence-corrected chi connectivity index (χ4v) is 0.0570. The third-order valence-electron chi connectivity index (χ3n) is 0.137.